The molecule has 0 aliphatic carbocycles. The van der Waals surface area contributed by atoms with Gasteiger partial charge in [-0.25, -0.2) is 0 Å². The van der Waals surface area contributed by atoms with Gasteiger partial charge in [-0.2, -0.15) is 0 Å². The van der Waals surface area contributed by atoms with E-state index in [-0.39, 0.29) is 17.6 Å². The zero-order chi connectivity index (χ0) is 16.8. The second-order valence-corrected chi connectivity index (χ2v) is 5.31. The monoisotopic (exact) mass is 313 g/mol. The Morgan fingerprint density at radius 1 is 1.04 bits per heavy atom. The van der Waals surface area contributed by atoms with Crippen molar-refractivity contribution in [3.63, 3.8) is 0 Å². The Balaban J connectivity index is 1.93. The number of carbonyl (C=O) groups excluding carboxylic acids is 1. The lowest BCUT2D eigenvalue weighted by Gasteiger charge is -2.19. The highest BCUT2D eigenvalue weighted by atomic mass is 16.6. The third-order valence-corrected chi connectivity index (χ3v) is 3.51. The van der Waals surface area contributed by atoms with E-state index in [1.54, 1.807) is 19.1 Å². The lowest BCUT2D eigenvalue weighted by Crippen LogP contribution is -2.38. The molecule has 2 aromatic carbocycles. The third-order valence-electron chi connectivity index (χ3n) is 3.51. The molecule has 6 nitrogen and oxygen atoms in total. The first kappa shape index (κ1) is 16.5. The number of nitrogens with zero attached hydrogens (tertiary/aromatic N) is 1. The highest BCUT2D eigenvalue weighted by molar-refractivity contribution is 5.84. The van der Waals surface area contributed by atoms with Gasteiger partial charge < -0.3 is 10.6 Å². The summed E-state index contributed by atoms with van der Waals surface area (Å²) in [5.74, 6) is -0.139. The summed E-state index contributed by atoms with van der Waals surface area (Å²) in [6.07, 6.45) is 0. The highest BCUT2D eigenvalue weighted by Gasteiger charge is 2.16. The second-order valence-electron chi connectivity index (χ2n) is 5.31. The average Bonchev–Trinajstić information content (AvgIpc) is 2.56. The number of non-ortho nitro benzene ring substituents is 1. The fraction of sp³-hybridized carbons (Fsp3) is 0.235. The molecule has 0 spiro atoms. The molecule has 2 atom stereocenters. The number of anilines is 1. The Morgan fingerprint density at radius 2 is 1.65 bits per heavy atom. The van der Waals surface area contributed by atoms with Crippen LogP contribution in [0.3, 0.4) is 0 Å². The van der Waals surface area contributed by atoms with Crippen LogP contribution < -0.4 is 10.6 Å². The van der Waals surface area contributed by atoms with Gasteiger partial charge in [-0.3, -0.25) is 14.9 Å². The Morgan fingerprint density at radius 3 is 2.22 bits per heavy atom. The molecule has 120 valence electrons. The SMILES string of the molecule is C[C@H](Nc1ccc([N+](=O)[O-])cc1)C(=O)N[C@@H](C)c1ccccc1. The molecule has 0 aliphatic heterocycles. The molecule has 2 aromatic rings. The van der Waals surface area contributed by atoms with Crippen LogP contribution in [0.4, 0.5) is 11.4 Å². The number of nitro groups is 1. The van der Waals surface area contributed by atoms with Gasteiger partial charge in [-0.05, 0) is 31.5 Å². The number of hydrogen-bond donors (Lipinski definition) is 2. The van der Waals surface area contributed by atoms with Crippen LogP contribution in [0, 0.1) is 10.1 Å². The fourth-order valence-corrected chi connectivity index (χ4v) is 2.16. The zero-order valence-electron chi connectivity index (χ0n) is 13.0. The molecule has 23 heavy (non-hydrogen) atoms. The summed E-state index contributed by atoms with van der Waals surface area (Å²) in [6, 6.07) is 15.1. The van der Waals surface area contributed by atoms with Crippen LogP contribution in [0.25, 0.3) is 0 Å². The summed E-state index contributed by atoms with van der Waals surface area (Å²) in [6.45, 7) is 3.67. The van der Waals surface area contributed by atoms with Crippen molar-refractivity contribution in [2.45, 2.75) is 25.9 Å². The van der Waals surface area contributed by atoms with Gasteiger partial charge in [-0.1, -0.05) is 30.3 Å². The minimum atomic E-state index is -0.457. The summed E-state index contributed by atoms with van der Waals surface area (Å²) in [5, 5.41) is 16.6. The molecule has 0 radical (unpaired) electrons. The van der Waals surface area contributed by atoms with E-state index in [2.05, 4.69) is 10.6 Å². The molecule has 0 saturated carbocycles. The first-order valence-corrected chi connectivity index (χ1v) is 7.33. The minimum Gasteiger partial charge on any atom is -0.374 e. The Kier molecular flexibility index (Phi) is 5.30. The van der Waals surface area contributed by atoms with Crippen molar-refractivity contribution in [3.05, 3.63) is 70.3 Å². The van der Waals surface area contributed by atoms with Crippen LogP contribution in [-0.2, 0) is 4.79 Å². The van der Waals surface area contributed by atoms with E-state index in [9.17, 15) is 14.9 Å². The molecule has 0 heterocycles. The van der Waals surface area contributed by atoms with Gasteiger partial charge in [-0.15, -0.1) is 0 Å². The number of nitro benzene ring substituents is 1. The molecule has 1 amide bonds. The van der Waals surface area contributed by atoms with Crippen LogP contribution in [0.1, 0.15) is 25.5 Å². The van der Waals surface area contributed by atoms with Crippen LogP contribution in [0.5, 0.6) is 0 Å². The number of carbonyl (C=O) groups is 1. The lowest BCUT2D eigenvalue weighted by molar-refractivity contribution is -0.384. The first-order chi connectivity index (χ1) is 11.0. The van der Waals surface area contributed by atoms with Crippen LogP contribution in [0.2, 0.25) is 0 Å². The predicted molar refractivity (Wildman–Crippen MR) is 89.2 cm³/mol. The van der Waals surface area contributed by atoms with Gasteiger partial charge in [0.05, 0.1) is 11.0 Å². The van der Waals surface area contributed by atoms with Crippen molar-refractivity contribution in [3.8, 4) is 0 Å². The molecule has 6 heteroatoms. The van der Waals surface area contributed by atoms with Gasteiger partial charge in [0.2, 0.25) is 5.91 Å². The number of amides is 1. The third kappa shape index (κ3) is 4.54. The van der Waals surface area contributed by atoms with E-state index in [4.69, 9.17) is 0 Å². The van der Waals surface area contributed by atoms with E-state index in [1.165, 1.54) is 12.1 Å². The van der Waals surface area contributed by atoms with E-state index in [0.29, 0.717) is 5.69 Å². The van der Waals surface area contributed by atoms with Crippen LogP contribution in [-0.4, -0.2) is 16.9 Å². The van der Waals surface area contributed by atoms with Gasteiger partial charge in [0.25, 0.3) is 5.69 Å². The normalized spacial score (nSPS) is 13.0. The van der Waals surface area contributed by atoms with Crippen molar-refractivity contribution >= 4 is 17.3 Å². The van der Waals surface area contributed by atoms with E-state index in [1.807, 2.05) is 37.3 Å². The van der Waals surface area contributed by atoms with E-state index in [0.717, 1.165) is 5.56 Å². The maximum atomic E-state index is 12.2. The van der Waals surface area contributed by atoms with Crippen LogP contribution >= 0.6 is 0 Å². The van der Waals surface area contributed by atoms with E-state index < -0.39 is 11.0 Å². The highest BCUT2D eigenvalue weighted by Crippen LogP contribution is 2.16. The number of nitrogens with one attached hydrogen (secondary N) is 2. The predicted octanol–water partition coefficient (Wildman–Crippen LogP) is 3.27. The summed E-state index contributed by atoms with van der Waals surface area (Å²) in [7, 11) is 0. The summed E-state index contributed by atoms with van der Waals surface area (Å²) in [5.41, 5.74) is 1.71. The van der Waals surface area contributed by atoms with Gasteiger partial charge in [0.15, 0.2) is 0 Å². The van der Waals surface area contributed by atoms with Crippen molar-refractivity contribution in [1.82, 2.24) is 5.32 Å². The molecule has 2 rings (SSSR count). The molecular weight excluding hydrogens is 294 g/mol. The topological polar surface area (TPSA) is 84.3 Å². The smallest absolute Gasteiger partial charge is 0.269 e. The minimum absolute atomic E-state index is 0.0188. The molecule has 0 unspecified atom stereocenters. The van der Waals surface area contributed by atoms with Crippen molar-refractivity contribution in [1.29, 1.82) is 0 Å². The van der Waals surface area contributed by atoms with Gasteiger partial charge in [0.1, 0.15) is 6.04 Å². The lowest BCUT2D eigenvalue weighted by atomic mass is 10.1. The maximum absolute atomic E-state index is 12.2. The maximum Gasteiger partial charge on any atom is 0.269 e. The molecule has 0 aromatic heterocycles. The average molecular weight is 313 g/mol. The Labute approximate surface area is 134 Å². The molecular formula is C17H19N3O3. The zero-order valence-corrected chi connectivity index (χ0v) is 13.0. The summed E-state index contributed by atoms with van der Waals surface area (Å²) in [4.78, 5) is 22.4. The standard InChI is InChI=1S/C17H19N3O3/c1-12(14-6-4-3-5-7-14)19-17(21)13(2)18-15-8-10-16(11-9-15)20(22)23/h3-13,18H,1-2H3,(H,19,21)/t12-,13-/m0/s1. The van der Waals surface area contributed by atoms with E-state index >= 15 is 0 Å². The molecule has 0 aliphatic rings. The van der Waals surface area contributed by atoms with Crippen molar-refractivity contribution < 1.29 is 9.72 Å². The Bertz CT molecular complexity index is 671. The quantitative estimate of drug-likeness (QED) is 0.633. The largest absolute Gasteiger partial charge is 0.374 e. The molecule has 2 N–H and O–H groups in total. The molecule has 0 bridgehead atoms. The van der Waals surface area contributed by atoms with Gasteiger partial charge >= 0.3 is 0 Å². The van der Waals surface area contributed by atoms with Crippen molar-refractivity contribution in [2.24, 2.45) is 0 Å². The molecule has 0 fully saturated rings. The Hall–Kier alpha value is -2.89. The van der Waals surface area contributed by atoms with Crippen molar-refractivity contribution in [2.75, 3.05) is 5.32 Å². The number of rotatable bonds is 6. The second kappa shape index (κ2) is 7.40. The first-order valence-electron chi connectivity index (χ1n) is 7.33. The number of hydrogen-bond acceptors (Lipinski definition) is 4. The summed E-state index contributed by atoms with van der Waals surface area (Å²) >= 11 is 0. The van der Waals surface area contributed by atoms with Gasteiger partial charge in [0, 0.05) is 17.8 Å². The fourth-order valence-electron chi connectivity index (χ4n) is 2.16. The molecule has 0 saturated heterocycles. The summed E-state index contributed by atoms with van der Waals surface area (Å²) < 4.78 is 0. The van der Waals surface area contributed by atoms with Crippen LogP contribution in [0.15, 0.2) is 54.6 Å². The number of benzene rings is 2.